The number of urea groups is 1. The molecule has 0 spiro atoms. The Labute approximate surface area is 225 Å². The maximum absolute atomic E-state index is 13.9. The summed E-state index contributed by atoms with van der Waals surface area (Å²) < 4.78 is 26.2. The quantitative estimate of drug-likeness (QED) is 0.452. The zero-order valence-electron chi connectivity index (χ0n) is 21.3. The number of ether oxygens (including phenoxy) is 2. The molecule has 9 heteroatoms. The zero-order chi connectivity index (χ0) is 26.9. The summed E-state index contributed by atoms with van der Waals surface area (Å²) in [6.45, 7) is 1.04. The van der Waals surface area contributed by atoms with Crippen LogP contribution < -0.4 is 15.4 Å². The normalized spacial score (nSPS) is 23.2. The van der Waals surface area contributed by atoms with Gasteiger partial charge in [0.2, 0.25) is 5.91 Å². The van der Waals surface area contributed by atoms with Crippen LogP contribution in [0.1, 0.15) is 35.4 Å². The predicted octanol–water partition coefficient (Wildman–Crippen LogP) is 4.44. The first-order valence-electron chi connectivity index (χ1n) is 13.2. The molecular formula is C30H30FN3O5. The molecule has 0 bridgehead atoms. The van der Waals surface area contributed by atoms with Gasteiger partial charge in [-0.1, -0.05) is 36.4 Å². The molecule has 1 saturated heterocycles. The van der Waals surface area contributed by atoms with Crippen molar-refractivity contribution in [2.24, 2.45) is 0 Å². The van der Waals surface area contributed by atoms with Gasteiger partial charge in [-0.05, 0) is 54.3 Å². The van der Waals surface area contributed by atoms with Gasteiger partial charge in [-0.3, -0.25) is 4.79 Å². The number of hydrogen-bond acceptors (Lipinski definition) is 5. The molecule has 8 nitrogen and oxygen atoms in total. The first-order valence-corrected chi connectivity index (χ1v) is 13.2. The summed E-state index contributed by atoms with van der Waals surface area (Å²) in [5.74, 6) is 0.0577. The van der Waals surface area contributed by atoms with Crippen molar-refractivity contribution in [1.82, 2.24) is 4.90 Å². The highest BCUT2D eigenvalue weighted by Gasteiger charge is 2.46. The summed E-state index contributed by atoms with van der Waals surface area (Å²) in [5, 5.41) is 15.3. The minimum atomic E-state index is -0.572. The van der Waals surface area contributed by atoms with Crippen molar-refractivity contribution in [1.29, 1.82) is 0 Å². The van der Waals surface area contributed by atoms with Crippen LogP contribution >= 0.6 is 0 Å². The number of fused-ring (bicyclic) bond motifs is 4. The Morgan fingerprint density at radius 3 is 2.64 bits per heavy atom. The molecule has 0 aromatic heterocycles. The van der Waals surface area contributed by atoms with Crippen molar-refractivity contribution in [2.45, 2.75) is 50.0 Å². The van der Waals surface area contributed by atoms with Gasteiger partial charge in [-0.25, -0.2) is 9.18 Å². The Bertz CT molecular complexity index is 1400. The molecule has 3 aromatic rings. The summed E-state index contributed by atoms with van der Waals surface area (Å²) >= 11 is 0. The molecule has 3 aliphatic heterocycles. The molecule has 39 heavy (non-hydrogen) atoms. The van der Waals surface area contributed by atoms with Crippen LogP contribution in [0.4, 0.5) is 20.6 Å². The number of carbonyl (C=O) groups is 2. The fourth-order valence-electron chi connectivity index (χ4n) is 5.85. The molecule has 0 radical (unpaired) electrons. The van der Waals surface area contributed by atoms with E-state index in [0.29, 0.717) is 30.9 Å². The number of rotatable bonds is 5. The van der Waals surface area contributed by atoms with E-state index in [4.69, 9.17) is 9.47 Å². The van der Waals surface area contributed by atoms with Gasteiger partial charge in [0.1, 0.15) is 23.8 Å². The van der Waals surface area contributed by atoms with Crippen LogP contribution in [0.5, 0.6) is 5.75 Å². The van der Waals surface area contributed by atoms with Gasteiger partial charge < -0.3 is 30.1 Å². The molecule has 0 aliphatic carbocycles. The fraction of sp³-hybridized carbons (Fsp3) is 0.333. The van der Waals surface area contributed by atoms with Crippen molar-refractivity contribution in [3.8, 4) is 5.75 Å². The van der Waals surface area contributed by atoms with Gasteiger partial charge in [0, 0.05) is 30.3 Å². The highest BCUT2D eigenvalue weighted by molar-refractivity contribution is 6.00. The van der Waals surface area contributed by atoms with E-state index >= 15 is 0 Å². The van der Waals surface area contributed by atoms with Crippen LogP contribution in [0.2, 0.25) is 0 Å². The maximum Gasteiger partial charge on any atom is 0.323 e. The van der Waals surface area contributed by atoms with E-state index in [0.717, 1.165) is 12.0 Å². The number of amides is 3. The third kappa shape index (κ3) is 5.20. The van der Waals surface area contributed by atoms with Gasteiger partial charge in [0.15, 0.2) is 0 Å². The van der Waals surface area contributed by atoms with E-state index in [1.165, 1.54) is 23.3 Å². The molecule has 0 saturated carbocycles. The second-order valence-corrected chi connectivity index (χ2v) is 10.3. The van der Waals surface area contributed by atoms with Crippen molar-refractivity contribution in [3.05, 3.63) is 89.2 Å². The van der Waals surface area contributed by atoms with Crippen LogP contribution in [-0.4, -0.2) is 53.4 Å². The average Bonchev–Trinajstić information content (AvgIpc) is 3.31. The topological polar surface area (TPSA) is 100 Å². The number of anilines is 2. The number of hydrogen-bond donors (Lipinski definition) is 3. The Morgan fingerprint density at radius 2 is 1.82 bits per heavy atom. The summed E-state index contributed by atoms with van der Waals surface area (Å²) in [4.78, 5) is 27.6. The van der Waals surface area contributed by atoms with E-state index in [2.05, 4.69) is 22.8 Å². The average molecular weight is 532 g/mol. The highest BCUT2D eigenvalue weighted by Crippen LogP contribution is 2.47. The number of aliphatic hydroxyl groups is 1. The maximum atomic E-state index is 13.9. The lowest BCUT2D eigenvalue weighted by atomic mass is 9.84. The van der Waals surface area contributed by atoms with Crippen LogP contribution in [0.25, 0.3) is 0 Å². The van der Waals surface area contributed by atoms with Crippen molar-refractivity contribution in [3.63, 3.8) is 0 Å². The van der Waals surface area contributed by atoms with Gasteiger partial charge >= 0.3 is 6.03 Å². The molecule has 4 atom stereocenters. The van der Waals surface area contributed by atoms with Crippen LogP contribution in [0, 0.1) is 5.82 Å². The molecule has 3 N–H and O–H groups in total. The van der Waals surface area contributed by atoms with E-state index in [1.807, 2.05) is 23.1 Å². The van der Waals surface area contributed by atoms with E-state index < -0.39 is 18.0 Å². The second-order valence-electron chi connectivity index (χ2n) is 10.3. The SMILES string of the molecule is O=C(Nc1ccc2c(c1)[C@@H]1C[C@@H](CC(=O)N3CCc4ccccc4C3)O[C@H](CO)[C@@H]1O2)Nc1ccccc1F. The predicted molar refractivity (Wildman–Crippen MR) is 143 cm³/mol. The number of halogens is 1. The van der Waals surface area contributed by atoms with Crippen molar-refractivity contribution >= 4 is 23.3 Å². The number of aliphatic hydroxyl groups excluding tert-OH is 1. The fourth-order valence-corrected chi connectivity index (χ4v) is 5.85. The molecule has 6 rings (SSSR count). The first kappa shape index (κ1) is 25.3. The summed E-state index contributed by atoms with van der Waals surface area (Å²) in [6.07, 6.45) is 0.273. The number of benzene rings is 3. The lowest BCUT2D eigenvalue weighted by Gasteiger charge is -2.38. The van der Waals surface area contributed by atoms with Gasteiger partial charge in [0.05, 0.1) is 24.8 Å². The van der Waals surface area contributed by atoms with Crippen molar-refractivity contribution < 1.29 is 28.6 Å². The molecule has 3 aliphatic rings. The summed E-state index contributed by atoms with van der Waals surface area (Å²) in [5.41, 5.74) is 3.95. The lowest BCUT2D eigenvalue weighted by molar-refractivity contribution is -0.149. The Morgan fingerprint density at radius 1 is 1.03 bits per heavy atom. The Hall–Kier alpha value is -3.95. The molecule has 202 valence electrons. The summed E-state index contributed by atoms with van der Waals surface area (Å²) in [7, 11) is 0. The largest absolute Gasteiger partial charge is 0.487 e. The molecule has 1 fully saturated rings. The van der Waals surface area contributed by atoms with Crippen LogP contribution in [0.15, 0.2) is 66.7 Å². The monoisotopic (exact) mass is 531 g/mol. The molecular weight excluding hydrogens is 501 g/mol. The van der Waals surface area contributed by atoms with Crippen LogP contribution in [0.3, 0.4) is 0 Å². The molecule has 3 aromatic carbocycles. The smallest absolute Gasteiger partial charge is 0.323 e. The number of nitrogens with one attached hydrogen (secondary N) is 2. The minimum absolute atomic E-state index is 0.0315. The number of carbonyl (C=O) groups excluding carboxylic acids is 2. The van der Waals surface area contributed by atoms with Crippen molar-refractivity contribution in [2.75, 3.05) is 23.8 Å². The Kier molecular flexibility index (Phi) is 6.93. The number of para-hydroxylation sites is 1. The van der Waals surface area contributed by atoms with Crippen LogP contribution in [-0.2, 0) is 22.5 Å². The van der Waals surface area contributed by atoms with Gasteiger partial charge in [-0.15, -0.1) is 0 Å². The molecule has 3 heterocycles. The number of nitrogens with zero attached hydrogens (tertiary/aromatic N) is 1. The first-order chi connectivity index (χ1) is 19.0. The lowest BCUT2D eigenvalue weighted by Crippen LogP contribution is -2.48. The minimum Gasteiger partial charge on any atom is -0.487 e. The van der Waals surface area contributed by atoms with E-state index in [9.17, 15) is 19.1 Å². The van der Waals surface area contributed by atoms with Gasteiger partial charge in [-0.2, -0.15) is 0 Å². The Balaban J connectivity index is 1.14. The molecule has 0 unspecified atom stereocenters. The van der Waals surface area contributed by atoms with E-state index in [-0.39, 0.29) is 42.7 Å². The second kappa shape index (κ2) is 10.7. The third-order valence-corrected chi connectivity index (χ3v) is 7.76. The van der Waals surface area contributed by atoms with Gasteiger partial charge in [0.25, 0.3) is 0 Å². The highest BCUT2D eigenvalue weighted by atomic mass is 19.1. The summed E-state index contributed by atoms with van der Waals surface area (Å²) in [6, 6.07) is 18.9. The third-order valence-electron chi connectivity index (χ3n) is 7.76. The standard InChI is InChI=1S/C30H30FN3O5/c31-24-7-3-4-8-25(24)33-30(37)32-20-9-10-26-22(13-20)23-14-21(38-27(17-35)29(23)39-26)15-28(36)34-12-11-18-5-1-2-6-19(18)16-34/h1-10,13,21,23,27,29,35H,11-12,14-17H2,(H2,32,33,37)/t21-,23-,27+,29+/m0/s1. The van der Waals surface area contributed by atoms with E-state index in [1.54, 1.807) is 24.3 Å². The zero-order valence-corrected chi connectivity index (χ0v) is 21.3. The molecule has 3 amide bonds.